The summed E-state index contributed by atoms with van der Waals surface area (Å²) in [6, 6.07) is 0. The first kappa shape index (κ1) is 13.4. The summed E-state index contributed by atoms with van der Waals surface area (Å²) in [5, 5.41) is 8.71. The Hall–Kier alpha value is -0.570. The van der Waals surface area contributed by atoms with Crippen LogP contribution in [0.1, 0.15) is 47.0 Å². The van der Waals surface area contributed by atoms with Gasteiger partial charge in [-0.1, -0.05) is 27.7 Å². The molecule has 0 aliphatic rings. The molecule has 0 heterocycles. The number of carboxylic acid groups (broad SMARTS) is 1. The highest BCUT2D eigenvalue weighted by atomic mass is 16.4. The monoisotopic (exact) mass is 201 g/mol. The Kier molecular flexibility index (Phi) is 4.59. The van der Waals surface area contributed by atoms with Gasteiger partial charge in [-0.3, -0.25) is 4.79 Å². The molecule has 0 unspecified atom stereocenters. The van der Waals surface area contributed by atoms with E-state index < -0.39 is 5.97 Å². The second-order valence-corrected chi connectivity index (χ2v) is 5.60. The first-order valence-corrected chi connectivity index (χ1v) is 5.10. The molecule has 3 N–H and O–H groups in total. The standard InChI is InChI=1S/C11H23NO2/c1-10(2,7-9(13)14)5-6-11(3,4)8-12/h5-8,12H2,1-4H3,(H,13,14). The molecule has 0 aliphatic heterocycles. The summed E-state index contributed by atoms with van der Waals surface area (Å²) in [5.41, 5.74) is 5.61. The summed E-state index contributed by atoms with van der Waals surface area (Å²) in [7, 11) is 0. The van der Waals surface area contributed by atoms with Gasteiger partial charge in [-0.15, -0.1) is 0 Å². The topological polar surface area (TPSA) is 63.3 Å². The smallest absolute Gasteiger partial charge is 0.303 e. The van der Waals surface area contributed by atoms with Gasteiger partial charge in [-0.05, 0) is 30.2 Å². The van der Waals surface area contributed by atoms with E-state index in [9.17, 15) is 4.79 Å². The fourth-order valence-corrected chi connectivity index (χ4v) is 1.28. The van der Waals surface area contributed by atoms with Gasteiger partial charge < -0.3 is 10.8 Å². The minimum Gasteiger partial charge on any atom is -0.481 e. The molecule has 0 saturated heterocycles. The molecule has 3 heteroatoms. The van der Waals surface area contributed by atoms with E-state index >= 15 is 0 Å². The Morgan fingerprint density at radius 1 is 1.14 bits per heavy atom. The molecule has 0 spiro atoms. The van der Waals surface area contributed by atoms with Crippen molar-refractivity contribution >= 4 is 5.97 Å². The zero-order valence-electron chi connectivity index (χ0n) is 9.76. The highest BCUT2D eigenvalue weighted by Gasteiger charge is 2.25. The molecule has 0 aromatic heterocycles. The number of rotatable bonds is 6. The van der Waals surface area contributed by atoms with Gasteiger partial charge in [-0.25, -0.2) is 0 Å². The van der Waals surface area contributed by atoms with Crippen LogP contribution in [0.15, 0.2) is 0 Å². The maximum Gasteiger partial charge on any atom is 0.303 e. The van der Waals surface area contributed by atoms with E-state index in [0.717, 1.165) is 12.8 Å². The quantitative estimate of drug-likeness (QED) is 0.692. The number of hydrogen-bond donors (Lipinski definition) is 2. The van der Waals surface area contributed by atoms with Crippen LogP contribution in [0.4, 0.5) is 0 Å². The molecule has 14 heavy (non-hydrogen) atoms. The minimum atomic E-state index is -0.722. The second-order valence-electron chi connectivity index (χ2n) is 5.60. The third-order valence-corrected chi connectivity index (χ3v) is 2.66. The van der Waals surface area contributed by atoms with Gasteiger partial charge >= 0.3 is 5.97 Å². The zero-order valence-corrected chi connectivity index (χ0v) is 9.76. The number of carbonyl (C=O) groups is 1. The van der Waals surface area contributed by atoms with Crippen molar-refractivity contribution in [3.63, 3.8) is 0 Å². The Bertz CT molecular complexity index is 197. The Labute approximate surface area is 86.7 Å². The molecule has 0 bridgehead atoms. The van der Waals surface area contributed by atoms with Crippen LogP contribution in [0.2, 0.25) is 0 Å². The number of aliphatic carboxylic acids is 1. The molecule has 0 aromatic rings. The van der Waals surface area contributed by atoms with E-state index in [1.165, 1.54) is 0 Å². The third-order valence-electron chi connectivity index (χ3n) is 2.66. The summed E-state index contributed by atoms with van der Waals surface area (Å²) in [6.07, 6.45) is 2.11. The summed E-state index contributed by atoms with van der Waals surface area (Å²) in [6.45, 7) is 8.87. The molecule has 0 aromatic carbocycles. The van der Waals surface area contributed by atoms with Crippen molar-refractivity contribution in [2.75, 3.05) is 6.54 Å². The fourth-order valence-electron chi connectivity index (χ4n) is 1.28. The molecule has 0 atom stereocenters. The van der Waals surface area contributed by atoms with Crippen molar-refractivity contribution in [2.45, 2.75) is 47.0 Å². The lowest BCUT2D eigenvalue weighted by atomic mass is 9.77. The summed E-state index contributed by atoms with van der Waals surface area (Å²) < 4.78 is 0. The van der Waals surface area contributed by atoms with Gasteiger partial charge in [0.15, 0.2) is 0 Å². The Balaban J connectivity index is 4.04. The number of carboxylic acids is 1. The lowest BCUT2D eigenvalue weighted by molar-refractivity contribution is -0.139. The predicted molar refractivity (Wildman–Crippen MR) is 58.1 cm³/mol. The largest absolute Gasteiger partial charge is 0.481 e. The van der Waals surface area contributed by atoms with E-state index in [1.54, 1.807) is 0 Å². The van der Waals surface area contributed by atoms with E-state index in [2.05, 4.69) is 13.8 Å². The van der Waals surface area contributed by atoms with E-state index in [-0.39, 0.29) is 17.3 Å². The number of nitrogens with two attached hydrogens (primary N) is 1. The van der Waals surface area contributed by atoms with Crippen LogP contribution in [0, 0.1) is 10.8 Å². The molecule has 3 nitrogen and oxygen atoms in total. The predicted octanol–water partition coefficient (Wildman–Crippen LogP) is 2.25. The first-order valence-electron chi connectivity index (χ1n) is 5.10. The van der Waals surface area contributed by atoms with E-state index in [4.69, 9.17) is 10.8 Å². The summed E-state index contributed by atoms with van der Waals surface area (Å²) in [5.74, 6) is -0.722. The molecule has 0 amide bonds. The Morgan fingerprint density at radius 2 is 1.57 bits per heavy atom. The van der Waals surface area contributed by atoms with Crippen molar-refractivity contribution in [1.29, 1.82) is 0 Å². The lowest BCUT2D eigenvalue weighted by Crippen LogP contribution is -2.26. The van der Waals surface area contributed by atoms with Gasteiger partial charge in [0.2, 0.25) is 0 Å². The molecule has 0 aliphatic carbocycles. The minimum absolute atomic E-state index is 0.121. The van der Waals surface area contributed by atoms with Gasteiger partial charge in [0.1, 0.15) is 0 Å². The second kappa shape index (κ2) is 4.78. The molecule has 84 valence electrons. The van der Waals surface area contributed by atoms with Crippen LogP contribution in [0.3, 0.4) is 0 Å². The van der Waals surface area contributed by atoms with Gasteiger partial charge in [-0.2, -0.15) is 0 Å². The van der Waals surface area contributed by atoms with Crippen LogP contribution in [0.25, 0.3) is 0 Å². The molecule has 0 rings (SSSR count). The fraction of sp³-hybridized carbons (Fsp3) is 0.909. The zero-order chi connectivity index (χ0) is 11.4. The number of hydrogen-bond acceptors (Lipinski definition) is 2. The van der Waals surface area contributed by atoms with Crippen LogP contribution in [-0.2, 0) is 4.79 Å². The van der Waals surface area contributed by atoms with Crippen LogP contribution in [0.5, 0.6) is 0 Å². The highest BCUT2D eigenvalue weighted by molar-refractivity contribution is 5.67. The molecule has 0 saturated carbocycles. The summed E-state index contributed by atoms with van der Waals surface area (Å²) >= 11 is 0. The maximum absolute atomic E-state index is 10.6. The third kappa shape index (κ3) is 5.97. The van der Waals surface area contributed by atoms with Crippen molar-refractivity contribution < 1.29 is 9.90 Å². The average Bonchev–Trinajstić information content (AvgIpc) is 1.99. The van der Waals surface area contributed by atoms with Crippen molar-refractivity contribution in [2.24, 2.45) is 16.6 Å². The molecular weight excluding hydrogens is 178 g/mol. The molecule has 0 radical (unpaired) electrons. The van der Waals surface area contributed by atoms with Crippen molar-refractivity contribution in [3.8, 4) is 0 Å². The van der Waals surface area contributed by atoms with Gasteiger partial charge in [0.05, 0.1) is 6.42 Å². The van der Waals surface area contributed by atoms with Gasteiger partial charge in [0.25, 0.3) is 0 Å². The normalized spacial score (nSPS) is 12.9. The Morgan fingerprint density at radius 3 is 1.93 bits per heavy atom. The maximum atomic E-state index is 10.6. The molecular formula is C11H23NO2. The SMILES string of the molecule is CC(C)(CN)CCC(C)(C)CC(=O)O. The lowest BCUT2D eigenvalue weighted by Gasteiger charge is -2.29. The van der Waals surface area contributed by atoms with Crippen molar-refractivity contribution in [3.05, 3.63) is 0 Å². The van der Waals surface area contributed by atoms with Crippen LogP contribution < -0.4 is 5.73 Å². The van der Waals surface area contributed by atoms with Crippen LogP contribution >= 0.6 is 0 Å². The molecule has 0 fully saturated rings. The highest BCUT2D eigenvalue weighted by Crippen LogP contribution is 2.32. The van der Waals surface area contributed by atoms with E-state index in [0.29, 0.717) is 6.54 Å². The first-order chi connectivity index (χ1) is 6.18. The van der Waals surface area contributed by atoms with E-state index in [1.807, 2.05) is 13.8 Å². The van der Waals surface area contributed by atoms with Gasteiger partial charge in [0, 0.05) is 0 Å². The summed E-state index contributed by atoms with van der Waals surface area (Å²) in [4.78, 5) is 10.6. The van der Waals surface area contributed by atoms with Crippen LogP contribution in [-0.4, -0.2) is 17.6 Å². The average molecular weight is 201 g/mol. The van der Waals surface area contributed by atoms with Crippen molar-refractivity contribution in [1.82, 2.24) is 0 Å².